The van der Waals surface area contributed by atoms with Crippen molar-refractivity contribution >= 4 is 35.9 Å². The van der Waals surface area contributed by atoms with Crippen LogP contribution in [0.4, 0.5) is 0 Å². The van der Waals surface area contributed by atoms with Gasteiger partial charge in [0.15, 0.2) is 24.6 Å². The van der Waals surface area contributed by atoms with Gasteiger partial charge in [0, 0.05) is 27.7 Å². The van der Waals surface area contributed by atoms with Crippen LogP contribution in [-0.2, 0) is 52.3 Å². The van der Waals surface area contributed by atoms with Gasteiger partial charge in [-0.1, -0.05) is 24.3 Å². The summed E-state index contributed by atoms with van der Waals surface area (Å²) in [4.78, 5) is 58.4. The molecule has 1 heterocycles. The lowest BCUT2D eigenvalue weighted by molar-refractivity contribution is -0.305. The Bertz CT molecular complexity index is 999. The summed E-state index contributed by atoms with van der Waals surface area (Å²) in [5, 5.41) is 0. The highest BCUT2D eigenvalue weighted by Gasteiger charge is 2.52. The first kappa shape index (κ1) is 29.5. The standard InChI is InChI=1S/C25H30O12/c1-14(26)33-13-20-21(34-15(2)27)22(35-16(3)28)23(36-17(4)29)25(37-20)32-12-6-7-18-8-10-19(11-9-18)24(30)31-5/h6-11,20-23,25H,12-13H2,1-5H3. The van der Waals surface area contributed by atoms with Crippen molar-refractivity contribution in [2.24, 2.45) is 0 Å². The van der Waals surface area contributed by atoms with E-state index in [1.807, 2.05) is 0 Å². The smallest absolute Gasteiger partial charge is 0.337 e. The zero-order valence-corrected chi connectivity index (χ0v) is 21.2. The van der Waals surface area contributed by atoms with E-state index in [9.17, 15) is 24.0 Å². The number of methoxy groups -OCH3 is 1. The highest BCUT2D eigenvalue weighted by Crippen LogP contribution is 2.30. The number of hydrogen-bond donors (Lipinski definition) is 0. The molecule has 0 amide bonds. The Morgan fingerprint density at radius 3 is 1.92 bits per heavy atom. The van der Waals surface area contributed by atoms with E-state index in [0.29, 0.717) is 5.56 Å². The second kappa shape index (κ2) is 14.1. The third-order valence-electron chi connectivity index (χ3n) is 4.95. The maximum atomic E-state index is 11.8. The van der Waals surface area contributed by atoms with E-state index in [0.717, 1.165) is 26.3 Å². The Morgan fingerprint density at radius 2 is 1.38 bits per heavy atom. The third kappa shape index (κ3) is 9.32. The maximum Gasteiger partial charge on any atom is 0.337 e. The molecule has 12 heteroatoms. The molecule has 0 spiro atoms. The average molecular weight is 523 g/mol. The first-order chi connectivity index (χ1) is 17.5. The fourth-order valence-electron chi connectivity index (χ4n) is 3.51. The van der Waals surface area contributed by atoms with Crippen LogP contribution in [0.3, 0.4) is 0 Å². The molecule has 1 aliphatic rings. The molecule has 5 atom stereocenters. The van der Waals surface area contributed by atoms with E-state index in [2.05, 4.69) is 4.74 Å². The fourth-order valence-corrected chi connectivity index (χ4v) is 3.51. The van der Waals surface area contributed by atoms with Gasteiger partial charge in [0.1, 0.15) is 12.7 Å². The van der Waals surface area contributed by atoms with Gasteiger partial charge < -0.3 is 33.2 Å². The summed E-state index contributed by atoms with van der Waals surface area (Å²) < 4.78 is 37.3. The second-order valence-corrected chi connectivity index (χ2v) is 7.92. The number of carbonyl (C=O) groups excluding carboxylic acids is 5. The first-order valence-electron chi connectivity index (χ1n) is 11.3. The van der Waals surface area contributed by atoms with Crippen molar-refractivity contribution in [1.29, 1.82) is 0 Å². The number of rotatable bonds is 10. The van der Waals surface area contributed by atoms with Gasteiger partial charge in [-0.15, -0.1) is 0 Å². The molecule has 1 aromatic carbocycles. The van der Waals surface area contributed by atoms with E-state index < -0.39 is 60.6 Å². The van der Waals surface area contributed by atoms with Crippen LogP contribution in [0.2, 0.25) is 0 Å². The van der Waals surface area contributed by atoms with Crippen molar-refractivity contribution in [3.05, 3.63) is 41.5 Å². The third-order valence-corrected chi connectivity index (χ3v) is 4.95. The minimum atomic E-state index is -1.31. The molecular weight excluding hydrogens is 492 g/mol. The lowest BCUT2D eigenvalue weighted by Crippen LogP contribution is -2.62. The second-order valence-electron chi connectivity index (χ2n) is 7.92. The summed E-state index contributed by atoms with van der Waals surface area (Å²) in [6.07, 6.45) is -2.87. The highest BCUT2D eigenvalue weighted by molar-refractivity contribution is 5.89. The van der Waals surface area contributed by atoms with E-state index in [4.69, 9.17) is 28.4 Å². The minimum absolute atomic E-state index is 0.0352. The quantitative estimate of drug-likeness (QED) is 0.324. The molecule has 12 nitrogen and oxygen atoms in total. The van der Waals surface area contributed by atoms with Crippen LogP contribution < -0.4 is 0 Å². The summed E-state index contributed by atoms with van der Waals surface area (Å²) in [7, 11) is 1.29. The molecular formula is C25H30O12. The molecule has 37 heavy (non-hydrogen) atoms. The van der Waals surface area contributed by atoms with Gasteiger partial charge in [0.2, 0.25) is 0 Å². The van der Waals surface area contributed by atoms with Crippen molar-refractivity contribution in [2.45, 2.75) is 58.4 Å². The molecule has 0 aliphatic carbocycles. The molecule has 0 radical (unpaired) electrons. The topological polar surface area (TPSA) is 150 Å². The average Bonchev–Trinajstić information content (AvgIpc) is 2.83. The van der Waals surface area contributed by atoms with Crippen LogP contribution in [-0.4, -0.2) is 80.9 Å². The lowest BCUT2D eigenvalue weighted by atomic mass is 9.98. The molecule has 5 unspecified atom stereocenters. The van der Waals surface area contributed by atoms with Gasteiger partial charge in [-0.25, -0.2) is 4.79 Å². The number of benzene rings is 1. The largest absolute Gasteiger partial charge is 0.465 e. The predicted molar refractivity (Wildman–Crippen MR) is 125 cm³/mol. The molecule has 0 bridgehead atoms. The molecule has 0 aromatic heterocycles. The number of ether oxygens (including phenoxy) is 7. The van der Waals surface area contributed by atoms with E-state index in [1.54, 1.807) is 36.4 Å². The summed E-state index contributed by atoms with van der Waals surface area (Å²) in [5.41, 5.74) is 1.16. The van der Waals surface area contributed by atoms with Gasteiger partial charge in [-0.2, -0.15) is 0 Å². The molecule has 2 rings (SSSR count). The Labute approximate surface area is 213 Å². The number of esters is 5. The number of carbonyl (C=O) groups is 5. The summed E-state index contributed by atoms with van der Waals surface area (Å²) >= 11 is 0. The van der Waals surface area contributed by atoms with E-state index in [1.165, 1.54) is 14.0 Å². The van der Waals surface area contributed by atoms with Crippen LogP contribution in [0, 0.1) is 0 Å². The predicted octanol–water partition coefficient (Wildman–Crippen LogP) is 1.59. The zero-order valence-electron chi connectivity index (χ0n) is 21.2. The monoisotopic (exact) mass is 522 g/mol. The highest BCUT2D eigenvalue weighted by atomic mass is 16.7. The Kier molecular flexibility index (Phi) is 11.2. The van der Waals surface area contributed by atoms with Crippen LogP contribution in [0.15, 0.2) is 30.3 Å². The van der Waals surface area contributed by atoms with E-state index in [-0.39, 0.29) is 13.2 Å². The van der Waals surface area contributed by atoms with Crippen molar-refractivity contribution in [2.75, 3.05) is 20.3 Å². The van der Waals surface area contributed by atoms with Crippen LogP contribution in [0.5, 0.6) is 0 Å². The van der Waals surface area contributed by atoms with E-state index >= 15 is 0 Å². The molecule has 202 valence electrons. The van der Waals surface area contributed by atoms with Gasteiger partial charge >= 0.3 is 29.8 Å². The van der Waals surface area contributed by atoms with Crippen LogP contribution >= 0.6 is 0 Å². The molecule has 1 fully saturated rings. The summed E-state index contributed by atoms with van der Waals surface area (Å²) in [6, 6.07) is 6.62. The molecule has 1 aromatic rings. The van der Waals surface area contributed by atoms with Crippen molar-refractivity contribution in [1.82, 2.24) is 0 Å². The number of hydrogen-bond acceptors (Lipinski definition) is 12. The fraction of sp³-hybridized carbons (Fsp3) is 0.480. The summed E-state index contributed by atoms with van der Waals surface area (Å²) in [5.74, 6) is -3.25. The normalized spacial score (nSPS) is 23.1. The zero-order chi connectivity index (χ0) is 27.5. The lowest BCUT2D eigenvalue weighted by Gasteiger charge is -2.43. The molecule has 1 aliphatic heterocycles. The van der Waals surface area contributed by atoms with Crippen molar-refractivity contribution in [3.63, 3.8) is 0 Å². The molecule has 0 saturated carbocycles. The Balaban J connectivity index is 2.24. The molecule has 1 saturated heterocycles. The SMILES string of the molecule is COC(=O)c1ccc(C=CCOC2OC(COC(C)=O)C(OC(C)=O)C(OC(C)=O)C2OC(C)=O)cc1. The Morgan fingerprint density at radius 1 is 0.811 bits per heavy atom. The van der Waals surface area contributed by atoms with Gasteiger partial charge in [-0.3, -0.25) is 19.2 Å². The van der Waals surface area contributed by atoms with Gasteiger partial charge in [0.25, 0.3) is 0 Å². The summed E-state index contributed by atoms with van der Waals surface area (Å²) in [6.45, 7) is 4.22. The molecule has 0 N–H and O–H groups in total. The van der Waals surface area contributed by atoms with Crippen LogP contribution in [0.25, 0.3) is 6.08 Å². The van der Waals surface area contributed by atoms with Crippen molar-refractivity contribution in [3.8, 4) is 0 Å². The minimum Gasteiger partial charge on any atom is -0.465 e. The van der Waals surface area contributed by atoms with Crippen molar-refractivity contribution < 1.29 is 57.1 Å². The Hall–Kier alpha value is -3.77. The maximum absolute atomic E-state index is 11.8. The van der Waals surface area contributed by atoms with Gasteiger partial charge in [0.05, 0.1) is 19.3 Å². The first-order valence-corrected chi connectivity index (χ1v) is 11.3. The van der Waals surface area contributed by atoms with Crippen LogP contribution in [0.1, 0.15) is 43.6 Å². The van der Waals surface area contributed by atoms with Gasteiger partial charge in [-0.05, 0) is 17.7 Å².